The zero-order valence-electron chi connectivity index (χ0n) is 8.06. The van der Waals surface area contributed by atoms with Crippen LogP contribution in [0.4, 0.5) is 0 Å². The second-order valence-electron chi connectivity index (χ2n) is 2.97. The first-order chi connectivity index (χ1) is 6.45. The quantitative estimate of drug-likeness (QED) is 0.702. The molecule has 0 bridgehead atoms. The molecule has 2 rings (SSSR count). The third kappa shape index (κ3) is 3.23. The van der Waals surface area contributed by atoms with Crippen molar-refractivity contribution >= 4 is 26.2 Å². The molecule has 2 aromatic rings. The van der Waals surface area contributed by atoms with Crippen LogP contribution in [0.3, 0.4) is 0 Å². The predicted molar refractivity (Wildman–Crippen MR) is 65.3 cm³/mol. The molecule has 0 amide bonds. The summed E-state index contributed by atoms with van der Waals surface area (Å²) in [5.74, 6) is 0. The first kappa shape index (κ1) is 11.4. The molecule has 0 N–H and O–H groups in total. The zero-order valence-corrected chi connectivity index (χ0v) is 13.6. The fraction of sp³-hybridized carbons (Fsp3) is 0. The van der Waals surface area contributed by atoms with Gasteiger partial charge in [-0.05, 0) is 11.1 Å². The molecule has 0 saturated heterocycles. The van der Waals surface area contributed by atoms with Gasteiger partial charge in [0.1, 0.15) is 0 Å². The van der Waals surface area contributed by atoms with E-state index in [1.807, 2.05) is 12.1 Å². The van der Waals surface area contributed by atoms with Crippen molar-refractivity contribution in [2.45, 2.75) is 0 Å². The molecule has 0 unspecified atom stereocenters. The fourth-order valence-electron chi connectivity index (χ4n) is 1.29. The standard InChI is InChI=1S/C13H11.Bi.3H/c1-3-7-12(8-4-1)11-13-9-5-2-6-10-13;;;;/h1-11H;;;;. The molecule has 0 fully saturated rings. The van der Waals surface area contributed by atoms with Crippen molar-refractivity contribution in [3.63, 3.8) is 0 Å². The molecule has 0 aliphatic heterocycles. The molecular weight excluding hydrogens is 365 g/mol. The second-order valence-corrected chi connectivity index (χ2v) is 2.97. The van der Waals surface area contributed by atoms with E-state index < -0.39 is 0 Å². The summed E-state index contributed by atoms with van der Waals surface area (Å²) in [6.45, 7) is 0. The summed E-state index contributed by atoms with van der Waals surface area (Å²) in [6, 6.07) is 20.7. The van der Waals surface area contributed by atoms with Crippen LogP contribution < -0.4 is 0 Å². The molecule has 71 valence electrons. The smallest absolute Gasteiger partial charge is 0.0199 e. The summed E-state index contributed by atoms with van der Waals surface area (Å²) >= 11 is 0. The Kier molecular flexibility index (Phi) is 4.83. The molecule has 0 heterocycles. The molecular formula is C13H14Bi. The third-order valence-corrected chi connectivity index (χ3v) is 1.93. The Morgan fingerprint density at radius 2 is 0.929 bits per heavy atom. The van der Waals surface area contributed by atoms with E-state index in [0.29, 0.717) is 0 Å². The molecule has 14 heavy (non-hydrogen) atoms. The van der Waals surface area contributed by atoms with Crippen LogP contribution in [-0.2, 0) is 0 Å². The van der Waals surface area contributed by atoms with Crippen molar-refractivity contribution in [3.8, 4) is 0 Å². The van der Waals surface area contributed by atoms with E-state index >= 15 is 0 Å². The Morgan fingerprint density at radius 3 is 1.29 bits per heavy atom. The summed E-state index contributed by atoms with van der Waals surface area (Å²) in [5, 5.41) is 0. The van der Waals surface area contributed by atoms with Gasteiger partial charge in [-0.2, -0.15) is 0 Å². The maximum absolute atomic E-state index is 2.17. The summed E-state index contributed by atoms with van der Waals surface area (Å²) in [6.07, 6.45) is 2.17. The van der Waals surface area contributed by atoms with Gasteiger partial charge in [0.05, 0.1) is 0 Å². The minimum Gasteiger partial charge on any atom is -0.0622 e. The molecule has 0 nitrogen and oxygen atoms in total. The summed E-state index contributed by atoms with van der Waals surface area (Å²) in [4.78, 5) is 0. The number of benzene rings is 2. The van der Waals surface area contributed by atoms with Gasteiger partial charge in [-0.1, -0.05) is 60.7 Å². The van der Waals surface area contributed by atoms with Crippen molar-refractivity contribution in [1.29, 1.82) is 0 Å². The first-order valence-electron chi connectivity index (χ1n) is 4.40. The Balaban J connectivity index is 0.000000980. The second kappa shape index (κ2) is 5.93. The van der Waals surface area contributed by atoms with Gasteiger partial charge in [-0.25, -0.2) is 0 Å². The molecule has 0 atom stereocenters. The van der Waals surface area contributed by atoms with E-state index in [1.54, 1.807) is 0 Å². The van der Waals surface area contributed by atoms with Crippen molar-refractivity contribution < 1.29 is 0 Å². The van der Waals surface area contributed by atoms with Crippen LogP contribution in [-0.4, -0.2) is 26.2 Å². The van der Waals surface area contributed by atoms with Crippen LogP contribution in [0, 0.1) is 6.42 Å². The van der Waals surface area contributed by atoms with Gasteiger partial charge >= 0.3 is 26.2 Å². The van der Waals surface area contributed by atoms with Gasteiger partial charge in [0, 0.05) is 6.42 Å². The van der Waals surface area contributed by atoms with Crippen LogP contribution in [0.1, 0.15) is 11.1 Å². The number of rotatable bonds is 2. The van der Waals surface area contributed by atoms with E-state index in [-0.39, 0.29) is 26.2 Å². The molecule has 2 aromatic carbocycles. The van der Waals surface area contributed by atoms with Crippen molar-refractivity contribution in [2.75, 3.05) is 0 Å². The molecule has 1 heteroatoms. The van der Waals surface area contributed by atoms with Crippen molar-refractivity contribution in [3.05, 3.63) is 78.2 Å². The van der Waals surface area contributed by atoms with Gasteiger partial charge in [-0.3, -0.25) is 0 Å². The Labute approximate surface area is 104 Å². The Morgan fingerprint density at radius 1 is 0.571 bits per heavy atom. The third-order valence-electron chi connectivity index (χ3n) is 1.93. The van der Waals surface area contributed by atoms with E-state index in [9.17, 15) is 0 Å². The van der Waals surface area contributed by atoms with Crippen LogP contribution in [0.5, 0.6) is 0 Å². The monoisotopic (exact) mass is 379 g/mol. The van der Waals surface area contributed by atoms with E-state index in [1.165, 1.54) is 11.1 Å². The van der Waals surface area contributed by atoms with E-state index in [4.69, 9.17) is 0 Å². The Hall–Kier alpha value is -0.677. The largest absolute Gasteiger partial charge is 0.0622 e. The predicted octanol–water partition coefficient (Wildman–Crippen LogP) is 2.10. The average molecular weight is 379 g/mol. The van der Waals surface area contributed by atoms with Gasteiger partial charge in [0.15, 0.2) is 0 Å². The van der Waals surface area contributed by atoms with Crippen molar-refractivity contribution in [2.24, 2.45) is 0 Å². The fourth-order valence-corrected chi connectivity index (χ4v) is 1.29. The maximum Gasteiger partial charge on any atom is 0.0199 e. The molecule has 0 saturated carbocycles. The number of hydrogen-bond donors (Lipinski definition) is 0. The molecule has 1 radical (unpaired) electrons. The van der Waals surface area contributed by atoms with E-state index in [0.717, 1.165) is 0 Å². The Bertz CT molecular complexity index is 316. The van der Waals surface area contributed by atoms with Crippen LogP contribution in [0.15, 0.2) is 60.7 Å². The van der Waals surface area contributed by atoms with E-state index in [2.05, 4.69) is 55.0 Å². The molecule has 0 aliphatic carbocycles. The molecule has 0 aliphatic rings. The minimum atomic E-state index is 0. The first-order valence-corrected chi connectivity index (χ1v) is 4.40. The maximum atomic E-state index is 2.17. The van der Waals surface area contributed by atoms with Gasteiger partial charge in [0.2, 0.25) is 0 Å². The summed E-state index contributed by atoms with van der Waals surface area (Å²) in [5.41, 5.74) is 2.49. The van der Waals surface area contributed by atoms with Gasteiger partial charge < -0.3 is 0 Å². The number of hydrogen-bond acceptors (Lipinski definition) is 0. The van der Waals surface area contributed by atoms with Gasteiger partial charge in [0.25, 0.3) is 0 Å². The minimum absolute atomic E-state index is 0. The normalized spacial score (nSPS) is 9.14. The average Bonchev–Trinajstić information content (AvgIpc) is 2.21. The summed E-state index contributed by atoms with van der Waals surface area (Å²) in [7, 11) is 0. The van der Waals surface area contributed by atoms with Gasteiger partial charge in [-0.15, -0.1) is 0 Å². The molecule has 0 spiro atoms. The summed E-state index contributed by atoms with van der Waals surface area (Å²) < 4.78 is 0. The zero-order chi connectivity index (χ0) is 8.93. The van der Waals surface area contributed by atoms with Crippen LogP contribution in [0.25, 0.3) is 0 Å². The van der Waals surface area contributed by atoms with Crippen molar-refractivity contribution in [1.82, 2.24) is 0 Å². The van der Waals surface area contributed by atoms with Crippen LogP contribution >= 0.6 is 0 Å². The van der Waals surface area contributed by atoms with Crippen LogP contribution in [0.2, 0.25) is 0 Å². The SMILES string of the molecule is [BiH3].[CH](c1ccccc1)c1ccccc1. The molecule has 0 aromatic heterocycles. The topological polar surface area (TPSA) is 0 Å².